The minimum Gasteiger partial charge on any atom is -0.458 e. The zero-order chi connectivity index (χ0) is 15.3. The molecule has 21 heavy (non-hydrogen) atoms. The molecule has 0 amide bonds. The molecule has 2 unspecified atom stereocenters. The van der Waals surface area contributed by atoms with E-state index in [9.17, 15) is 9.59 Å². The highest BCUT2D eigenvalue weighted by Crippen LogP contribution is 2.42. The average Bonchev–Trinajstić information content (AvgIpc) is 2.88. The highest BCUT2D eigenvalue weighted by molar-refractivity contribution is 5.90. The van der Waals surface area contributed by atoms with E-state index in [1.165, 1.54) is 0 Å². The molecule has 0 N–H and O–H groups in total. The summed E-state index contributed by atoms with van der Waals surface area (Å²) in [6.45, 7) is 4.04. The largest absolute Gasteiger partial charge is 0.458 e. The maximum absolute atomic E-state index is 12.5. The quantitative estimate of drug-likeness (QED) is 0.738. The molecule has 1 aromatic rings. The highest BCUT2D eigenvalue weighted by Gasteiger charge is 2.46. The van der Waals surface area contributed by atoms with Crippen LogP contribution in [0, 0.1) is 5.41 Å². The summed E-state index contributed by atoms with van der Waals surface area (Å²) in [7, 11) is 0. The van der Waals surface area contributed by atoms with E-state index in [1.54, 1.807) is 12.1 Å². The van der Waals surface area contributed by atoms with Crippen LogP contribution in [0.1, 0.15) is 62.7 Å². The number of Topliss-reactive ketones (excluding diaryl/α,β-unsaturated/α-hetero) is 1. The van der Waals surface area contributed by atoms with Gasteiger partial charge in [-0.15, -0.1) is 0 Å². The first-order chi connectivity index (χ1) is 10.1. The van der Waals surface area contributed by atoms with E-state index in [0.717, 1.165) is 32.1 Å². The molecule has 1 saturated carbocycles. The van der Waals surface area contributed by atoms with Crippen molar-refractivity contribution in [2.75, 3.05) is 0 Å². The minimum absolute atomic E-state index is 0.243. The van der Waals surface area contributed by atoms with Crippen LogP contribution in [0.3, 0.4) is 0 Å². The predicted molar refractivity (Wildman–Crippen MR) is 82.1 cm³/mol. The van der Waals surface area contributed by atoms with Crippen LogP contribution in [0.5, 0.6) is 0 Å². The first-order valence-corrected chi connectivity index (χ1v) is 7.87. The molecular weight excluding hydrogens is 264 g/mol. The number of carbonyl (C=O) groups excluding carboxylic acids is 2. The van der Waals surface area contributed by atoms with E-state index in [4.69, 9.17) is 4.74 Å². The third-order valence-electron chi connectivity index (χ3n) is 4.53. The Kier molecular flexibility index (Phi) is 5.16. The number of ether oxygens (including phenoxy) is 1. The molecule has 1 fully saturated rings. The van der Waals surface area contributed by atoms with Crippen LogP contribution >= 0.6 is 0 Å². The van der Waals surface area contributed by atoms with Gasteiger partial charge in [0.1, 0.15) is 11.9 Å². The van der Waals surface area contributed by atoms with Crippen LogP contribution in [0.25, 0.3) is 0 Å². The summed E-state index contributed by atoms with van der Waals surface area (Å²) in [6, 6.07) is 8.99. The van der Waals surface area contributed by atoms with E-state index in [1.807, 2.05) is 25.1 Å². The molecule has 0 spiro atoms. The molecule has 2 atom stereocenters. The van der Waals surface area contributed by atoms with Crippen LogP contribution in [-0.4, -0.2) is 17.9 Å². The van der Waals surface area contributed by atoms with E-state index < -0.39 is 5.41 Å². The molecular formula is C18H24O3. The molecule has 0 bridgehead atoms. The monoisotopic (exact) mass is 288 g/mol. The van der Waals surface area contributed by atoms with Gasteiger partial charge in [-0.3, -0.25) is 4.79 Å². The Labute approximate surface area is 126 Å². The topological polar surface area (TPSA) is 43.4 Å². The third kappa shape index (κ3) is 3.52. The number of unbranched alkanes of at least 4 members (excludes halogenated alkanes) is 1. The fourth-order valence-electron chi connectivity index (χ4n) is 3.04. The molecule has 0 aliphatic heterocycles. The van der Waals surface area contributed by atoms with E-state index in [2.05, 4.69) is 6.92 Å². The fraction of sp³-hybridized carbons (Fsp3) is 0.556. The van der Waals surface area contributed by atoms with Crippen LogP contribution in [0.4, 0.5) is 0 Å². The van der Waals surface area contributed by atoms with Gasteiger partial charge in [0.25, 0.3) is 0 Å². The number of hydrogen-bond acceptors (Lipinski definition) is 3. The summed E-state index contributed by atoms with van der Waals surface area (Å²) >= 11 is 0. The zero-order valence-electron chi connectivity index (χ0n) is 12.9. The number of rotatable bonds is 6. The van der Waals surface area contributed by atoms with Crippen molar-refractivity contribution in [2.24, 2.45) is 5.41 Å². The van der Waals surface area contributed by atoms with Gasteiger partial charge in [-0.2, -0.15) is 0 Å². The standard InChI is InChI=1S/C18H24O3/c1-3-4-11-15(19)18(2)13-8-12-16(18)21-17(20)14-9-6-5-7-10-14/h5-7,9-10,16H,3-4,8,11-13H2,1-2H3. The lowest BCUT2D eigenvalue weighted by Crippen LogP contribution is -2.38. The van der Waals surface area contributed by atoms with Gasteiger partial charge < -0.3 is 4.74 Å². The van der Waals surface area contributed by atoms with Gasteiger partial charge in [-0.05, 0) is 44.7 Å². The number of ketones is 1. The van der Waals surface area contributed by atoms with E-state index >= 15 is 0 Å². The molecule has 1 aromatic carbocycles. The number of carbonyl (C=O) groups is 2. The molecule has 0 heterocycles. The SMILES string of the molecule is CCCCC(=O)C1(C)CCCC1OC(=O)c1ccccc1. The number of esters is 1. The maximum Gasteiger partial charge on any atom is 0.338 e. The summed E-state index contributed by atoms with van der Waals surface area (Å²) in [5, 5.41) is 0. The molecule has 3 nitrogen and oxygen atoms in total. The van der Waals surface area contributed by atoms with Gasteiger partial charge in [-0.1, -0.05) is 31.5 Å². The molecule has 3 heteroatoms. The lowest BCUT2D eigenvalue weighted by Gasteiger charge is -2.29. The molecule has 0 aromatic heterocycles. The Morgan fingerprint density at radius 3 is 2.67 bits per heavy atom. The van der Waals surface area contributed by atoms with Crippen LogP contribution in [0.2, 0.25) is 0 Å². The molecule has 114 valence electrons. The lowest BCUT2D eigenvalue weighted by molar-refractivity contribution is -0.132. The smallest absolute Gasteiger partial charge is 0.338 e. The van der Waals surface area contributed by atoms with Gasteiger partial charge in [0.15, 0.2) is 0 Å². The van der Waals surface area contributed by atoms with Gasteiger partial charge in [-0.25, -0.2) is 4.79 Å². The lowest BCUT2D eigenvalue weighted by atomic mass is 9.80. The Bertz CT molecular complexity index is 494. The second kappa shape index (κ2) is 6.88. The summed E-state index contributed by atoms with van der Waals surface area (Å²) in [4.78, 5) is 24.7. The number of hydrogen-bond donors (Lipinski definition) is 0. The normalized spacial score (nSPS) is 24.8. The van der Waals surface area contributed by atoms with E-state index in [0.29, 0.717) is 12.0 Å². The Morgan fingerprint density at radius 2 is 2.00 bits per heavy atom. The van der Waals surface area contributed by atoms with Crippen molar-refractivity contribution in [3.05, 3.63) is 35.9 Å². The number of benzene rings is 1. The van der Waals surface area contributed by atoms with Crippen LogP contribution in [0.15, 0.2) is 30.3 Å². The first kappa shape index (κ1) is 15.7. The average molecular weight is 288 g/mol. The van der Waals surface area contributed by atoms with Crippen molar-refractivity contribution in [1.82, 2.24) is 0 Å². The van der Waals surface area contributed by atoms with Crippen LogP contribution in [-0.2, 0) is 9.53 Å². The fourth-order valence-corrected chi connectivity index (χ4v) is 3.04. The Balaban J connectivity index is 2.05. The summed E-state index contributed by atoms with van der Waals surface area (Å²) < 4.78 is 5.65. The molecule has 0 radical (unpaired) electrons. The minimum atomic E-state index is -0.500. The summed E-state index contributed by atoms with van der Waals surface area (Å²) in [5.41, 5.74) is 0.0485. The predicted octanol–water partition coefficient (Wildman–Crippen LogP) is 4.16. The second-order valence-electron chi connectivity index (χ2n) is 6.10. The van der Waals surface area contributed by atoms with Gasteiger partial charge in [0.05, 0.1) is 11.0 Å². The van der Waals surface area contributed by atoms with Crippen molar-refractivity contribution >= 4 is 11.8 Å². The molecule has 0 saturated heterocycles. The van der Waals surface area contributed by atoms with Gasteiger partial charge in [0, 0.05) is 6.42 Å². The molecule has 1 aliphatic carbocycles. The highest BCUT2D eigenvalue weighted by atomic mass is 16.5. The maximum atomic E-state index is 12.5. The van der Waals surface area contributed by atoms with Gasteiger partial charge >= 0.3 is 5.97 Å². The summed E-state index contributed by atoms with van der Waals surface area (Å²) in [5.74, 6) is -0.0790. The molecule has 1 aliphatic rings. The van der Waals surface area contributed by atoms with E-state index in [-0.39, 0.29) is 17.9 Å². The first-order valence-electron chi connectivity index (χ1n) is 7.87. The van der Waals surface area contributed by atoms with Crippen molar-refractivity contribution in [3.63, 3.8) is 0 Å². The van der Waals surface area contributed by atoms with Crippen molar-refractivity contribution in [3.8, 4) is 0 Å². The van der Waals surface area contributed by atoms with Crippen molar-refractivity contribution in [2.45, 2.75) is 58.5 Å². The van der Waals surface area contributed by atoms with Crippen LogP contribution < -0.4 is 0 Å². The van der Waals surface area contributed by atoms with Crippen molar-refractivity contribution < 1.29 is 14.3 Å². The molecule has 2 rings (SSSR count). The zero-order valence-corrected chi connectivity index (χ0v) is 12.9. The third-order valence-corrected chi connectivity index (χ3v) is 4.53. The van der Waals surface area contributed by atoms with Crippen molar-refractivity contribution in [1.29, 1.82) is 0 Å². The second-order valence-corrected chi connectivity index (χ2v) is 6.10. The summed E-state index contributed by atoms with van der Waals surface area (Å²) in [6.07, 6.45) is 4.78. The Morgan fingerprint density at radius 1 is 1.29 bits per heavy atom. The Hall–Kier alpha value is -1.64. The van der Waals surface area contributed by atoms with Gasteiger partial charge in [0.2, 0.25) is 0 Å².